The maximum atomic E-state index is 13.9. The summed E-state index contributed by atoms with van der Waals surface area (Å²) in [4.78, 5) is 54.5. The number of azo groups is 2. The number of phenolic OH excluding ortho intramolecular Hbond substituents is 2. The highest BCUT2D eigenvalue weighted by atomic mass is 35.5. The molecule has 9 rings (SSSR count). The van der Waals surface area contributed by atoms with Crippen LogP contribution in [0.2, 0.25) is 20.1 Å². The second-order valence-electron chi connectivity index (χ2n) is 16.8. The number of carbonyl (C=O) groups excluding carboxylic acids is 4. The zero-order valence-electron chi connectivity index (χ0n) is 40.1. The molecule has 4 N–H and O–H groups in total. The van der Waals surface area contributed by atoms with Gasteiger partial charge in [0.25, 0.3) is 11.8 Å². The Morgan fingerprint density at radius 1 is 0.447 bits per heavy atom. The van der Waals surface area contributed by atoms with Crippen molar-refractivity contribution in [2.45, 2.75) is 26.7 Å². The number of nitrogens with one attached hydrogen (secondary N) is 2. The van der Waals surface area contributed by atoms with E-state index in [4.69, 9.17) is 55.9 Å². The Balaban J connectivity index is 0.921. The smallest absolute Gasteiger partial charge is 0.343 e. The molecule has 0 saturated heterocycles. The molecule has 9 aromatic carbocycles. The van der Waals surface area contributed by atoms with Crippen LogP contribution in [-0.2, 0) is 12.8 Å². The van der Waals surface area contributed by atoms with E-state index in [1.807, 2.05) is 13.8 Å². The lowest BCUT2D eigenvalue weighted by molar-refractivity contribution is 0.0724. The van der Waals surface area contributed by atoms with Gasteiger partial charge in [-0.25, -0.2) is 9.59 Å². The number of para-hydroxylation sites is 2. The van der Waals surface area contributed by atoms with Crippen molar-refractivity contribution < 1.29 is 38.9 Å². The van der Waals surface area contributed by atoms with Gasteiger partial charge in [-0.05, 0) is 120 Å². The van der Waals surface area contributed by atoms with E-state index < -0.39 is 35.3 Å². The fourth-order valence-electron chi connectivity index (χ4n) is 8.14. The van der Waals surface area contributed by atoms with Crippen molar-refractivity contribution in [2.24, 2.45) is 20.5 Å². The maximum absolute atomic E-state index is 13.9. The Bertz CT molecular complexity index is 3580. The van der Waals surface area contributed by atoms with E-state index in [0.717, 1.165) is 0 Å². The Morgan fingerprint density at radius 3 is 1.18 bits per heavy atom. The molecule has 0 fully saturated rings. The molecule has 0 spiro atoms. The van der Waals surface area contributed by atoms with Crippen LogP contribution >= 0.6 is 46.4 Å². The number of hydrogen-bond acceptors (Lipinski definition) is 12. The Kier molecular flexibility index (Phi) is 15.7. The highest BCUT2D eigenvalue weighted by molar-refractivity contribution is 6.38. The van der Waals surface area contributed by atoms with Gasteiger partial charge in [-0.2, -0.15) is 10.2 Å². The van der Waals surface area contributed by atoms with Crippen molar-refractivity contribution >= 4 is 126 Å². The quantitative estimate of drug-likeness (QED) is 0.0468. The predicted octanol–water partition coefficient (Wildman–Crippen LogP) is 16.9. The standard InChI is InChI=1S/C58H40Cl4N6O8/c1-3-31-19-21-37(29-41(31)57(73)75-53-45(59)15-9-16-46(53)60)65-67-49-39-13-7-5-11-33(39)27-43(51(49)69)55(71)63-35-23-25-36(26-24-35)64-56(72)44-28-34-12-6-8-14-40(34)50(52(44)70)68-66-38-22-20-32(4-2)42(30-38)58(74)76-54-47(61)17-10-18-48(54)62/h5-30,69-70H,3-4H2,1-2H3,(H,63,71)(H,64,72). The van der Waals surface area contributed by atoms with Gasteiger partial charge in [0.05, 0.1) is 53.7 Å². The molecule has 378 valence electrons. The van der Waals surface area contributed by atoms with Crippen molar-refractivity contribution in [2.75, 3.05) is 10.6 Å². The van der Waals surface area contributed by atoms with Crippen molar-refractivity contribution in [1.82, 2.24) is 0 Å². The summed E-state index contributed by atoms with van der Waals surface area (Å²) in [6.07, 6.45) is 0.991. The number of halogens is 4. The number of nitrogens with zero attached hydrogens (tertiary/aromatic N) is 4. The lowest BCUT2D eigenvalue weighted by atomic mass is 10.0. The van der Waals surface area contributed by atoms with Crippen LogP contribution in [0.4, 0.5) is 34.1 Å². The number of rotatable bonds is 14. The van der Waals surface area contributed by atoms with Crippen molar-refractivity contribution in [3.05, 3.63) is 211 Å². The van der Waals surface area contributed by atoms with Crippen LogP contribution in [-0.4, -0.2) is 34.0 Å². The van der Waals surface area contributed by atoms with Gasteiger partial charge in [0.15, 0.2) is 23.0 Å². The number of hydrogen-bond donors (Lipinski definition) is 4. The zero-order chi connectivity index (χ0) is 53.6. The van der Waals surface area contributed by atoms with Crippen molar-refractivity contribution in [3.63, 3.8) is 0 Å². The van der Waals surface area contributed by atoms with Crippen LogP contribution < -0.4 is 20.1 Å². The van der Waals surface area contributed by atoms with E-state index in [-0.39, 0.29) is 76.6 Å². The summed E-state index contributed by atoms with van der Waals surface area (Å²) in [5.74, 6) is -3.62. The molecular weight excluding hydrogens is 1050 g/mol. The third-order valence-electron chi connectivity index (χ3n) is 12.0. The monoisotopic (exact) mass is 1090 g/mol. The number of benzene rings is 9. The fraction of sp³-hybridized carbons (Fsp3) is 0.0690. The summed E-state index contributed by atoms with van der Waals surface area (Å²) in [5.41, 5.74) is 2.71. The number of fused-ring (bicyclic) bond motifs is 2. The van der Waals surface area contributed by atoms with Gasteiger partial charge in [-0.15, -0.1) is 10.2 Å². The molecule has 0 radical (unpaired) electrons. The molecule has 2 amide bonds. The van der Waals surface area contributed by atoms with Gasteiger partial charge in [-0.1, -0.05) is 133 Å². The number of carbonyl (C=O) groups is 4. The van der Waals surface area contributed by atoms with Gasteiger partial charge in [0.2, 0.25) is 0 Å². The molecule has 0 aliphatic carbocycles. The van der Waals surface area contributed by atoms with E-state index in [0.29, 0.717) is 56.9 Å². The summed E-state index contributed by atoms with van der Waals surface area (Å²) in [6.45, 7) is 3.76. The Morgan fingerprint density at radius 2 is 0.816 bits per heavy atom. The van der Waals surface area contributed by atoms with Crippen molar-refractivity contribution in [1.29, 1.82) is 0 Å². The van der Waals surface area contributed by atoms with E-state index >= 15 is 0 Å². The third kappa shape index (κ3) is 11.2. The molecule has 0 bridgehead atoms. The molecule has 0 aromatic heterocycles. The van der Waals surface area contributed by atoms with Crippen LogP contribution in [0, 0.1) is 0 Å². The lowest BCUT2D eigenvalue weighted by Crippen LogP contribution is -2.13. The fourth-order valence-corrected chi connectivity index (χ4v) is 9.09. The highest BCUT2D eigenvalue weighted by Gasteiger charge is 2.23. The van der Waals surface area contributed by atoms with Crippen LogP contribution in [0.5, 0.6) is 23.0 Å². The summed E-state index contributed by atoms with van der Waals surface area (Å²) in [6, 6.07) is 42.5. The van der Waals surface area contributed by atoms with Crippen LogP contribution in [0.25, 0.3) is 21.5 Å². The first-order chi connectivity index (χ1) is 36.7. The molecule has 0 heterocycles. The minimum Gasteiger partial charge on any atom is -0.505 e. The zero-order valence-corrected chi connectivity index (χ0v) is 43.1. The average Bonchev–Trinajstić information content (AvgIpc) is 3.43. The Hall–Kier alpha value is -8.66. The molecule has 14 nitrogen and oxygen atoms in total. The number of amides is 2. The minimum atomic E-state index is -0.708. The predicted molar refractivity (Wildman–Crippen MR) is 296 cm³/mol. The van der Waals surface area contributed by atoms with E-state index in [9.17, 15) is 29.4 Å². The largest absolute Gasteiger partial charge is 0.505 e. The van der Waals surface area contributed by atoms with Crippen LogP contribution in [0.15, 0.2) is 178 Å². The SMILES string of the molecule is CCc1ccc(N=Nc2c(O)c(C(=O)Nc3ccc(NC(=O)c4cc5ccccc5c(N=Nc5ccc(CC)c(C(=O)Oc6c(Cl)cccc6Cl)c5)c4O)cc3)cc3ccccc23)cc1C(=O)Oc1c(Cl)cccc1Cl. The van der Waals surface area contributed by atoms with Crippen LogP contribution in [0.3, 0.4) is 0 Å². The lowest BCUT2D eigenvalue weighted by Gasteiger charge is -2.13. The van der Waals surface area contributed by atoms with Gasteiger partial charge >= 0.3 is 11.9 Å². The summed E-state index contributed by atoms with van der Waals surface area (Å²) < 4.78 is 11.2. The molecular formula is C58H40Cl4N6O8. The summed E-state index contributed by atoms with van der Waals surface area (Å²) >= 11 is 25.0. The second kappa shape index (κ2) is 22.8. The molecule has 9 aromatic rings. The Labute approximate surface area is 454 Å². The highest BCUT2D eigenvalue weighted by Crippen LogP contribution is 2.42. The normalized spacial score (nSPS) is 11.3. The van der Waals surface area contributed by atoms with Crippen molar-refractivity contribution in [3.8, 4) is 23.0 Å². The molecule has 76 heavy (non-hydrogen) atoms. The second-order valence-corrected chi connectivity index (χ2v) is 18.5. The minimum absolute atomic E-state index is 0.00695. The number of aromatic hydroxyl groups is 2. The van der Waals surface area contributed by atoms with E-state index in [2.05, 4.69) is 31.1 Å². The number of ether oxygens (including phenoxy) is 2. The summed E-state index contributed by atoms with van der Waals surface area (Å²) in [5, 5.41) is 49.0. The van der Waals surface area contributed by atoms with Crippen LogP contribution in [0.1, 0.15) is 66.4 Å². The van der Waals surface area contributed by atoms with E-state index in [1.165, 1.54) is 24.3 Å². The topological polar surface area (TPSA) is 201 Å². The van der Waals surface area contributed by atoms with E-state index in [1.54, 1.807) is 133 Å². The first-order valence-corrected chi connectivity index (χ1v) is 24.9. The molecule has 0 atom stereocenters. The number of esters is 2. The number of aryl methyl sites for hydroxylation is 2. The maximum Gasteiger partial charge on any atom is 0.343 e. The molecule has 0 unspecified atom stereocenters. The molecule has 0 aliphatic heterocycles. The third-order valence-corrected chi connectivity index (χ3v) is 13.2. The number of anilines is 2. The first kappa shape index (κ1) is 52.2. The van der Waals surface area contributed by atoms with Gasteiger partial charge in [0.1, 0.15) is 11.4 Å². The van der Waals surface area contributed by atoms with Gasteiger partial charge < -0.3 is 30.3 Å². The molecule has 0 saturated carbocycles. The van der Waals surface area contributed by atoms with Gasteiger partial charge in [0, 0.05) is 22.1 Å². The average molecular weight is 1090 g/mol. The molecule has 18 heteroatoms. The summed E-state index contributed by atoms with van der Waals surface area (Å²) in [7, 11) is 0. The number of phenols is 2. The van der Waals surface area contributed by atoms with Gasteiger partial charge in [-0.3, -0.25) is 9.59 Å². The molecule has 0 aliphatic rings. The first-order valence-electron chi connectivity index (χ1n) is 23.3.